The second-order valence-electron chi connectivity index (χ2n) is 8.34. The quantitative estimate of drug-likeness (QED) is 0.205. The standard InChI is InChI=1S/C20H14.C12H10O/c1-3-13-9-15-5-7-17-11-14(4-2)12-18-8-6-16(10-13)19(15)20(17)18;1-9(13)11-7-6-10-4-2-3-5-12(10)8-11/h3-12H,1-2H2;2-8H,1H3. The van der Waals surface area contributed by atoms with Crippen molar-refractivity contribution in [3.8, 4) is 0 Å². The molecule has 0 N–H and O–H groups in total. The van der Waals surface area contributed by atoms with Crippen LogP contribution in [-0.4, -0.2) is 5.78 Å². The first-order valence-corrected chi connectivity index (χ1v) is 11.0. The van der Waals surface area contributed by atoms with E-state index < -0.39 is 0 Å². The monoisotopic (exact) mass is 424 g/mol. The van der Waals surface area contributed by atoms with Gasteiger partial charge in [0.2, 0.25) is 0 Å². The van der Waals surface area contributed by atoms with Gasteiger partial charge in [0.05, 0.1) is 0 Å². The van der Waals surface area contributed by atoms with Crippen LogP contribution in [0.2, 0.25) is 0 Å². The van der Waals surface area contributed by atoms with Gasteiger partial charge in [-0.25, -0.2) is 0 Å². The molecule has 0 bridgehead atoms. The number of hydrogen-bond acceptors (Lipinski definition) is 1. The second-order valence-corrected chi connectivity index (χ2v) is 8.34. The summed E-state index contributed by atoms with van der Waals surface area (Å²) in [6.07, 6.45) is 3.81. The van der Waals surface area contributed by atoms with E-state index in [9.17, 15) is 4.79 Å². The van der Waals surface area contributed by atoms with Crippen molar-refractivity contribution in [2.24, 2.45) is 0 Å². The molecule has 6 rings (SSSR count). The van der Waals surface area contributed by atoms with E-state index in [0.717, 1.165) is 10.9 Å². The van der Waals surface area contributed by atoms with Crippen molar-refractivity contribution < 1.29 is 4.79 Å². The van der Waals surface area contributed by atoms with Crippen LogP contribution in [0.25, 0.3) is 55.2 Å². The highest BCUT2D eigenvalue weighted by Crippen LogP contribution is 2.36. The molecule has 0 unspecified atom stereocenters. The predicted octanol–water partition coefficient (Wildman–Crippen LogP) is 8.91. The fourth-order valence-electron chi connectivity index (χ4n) is 4.53. The van der Waals surface area contributed by atoms with Crippen LogP contribution >= 0.6 is 0 Å². The van der Waals surface area contributed by atoms with Gasteiger partial charge in [-0.15, -0.1) is 0 Å². The second kappa shape index (κ2) is 8.37. The first-order chi connectivity index (χ1) is 16.1. The number of hydrogen-bond donors (Lipinski definition) is 0. The lowest BCUT2D eigenvalue weighted by Crippen LogP contribution is -1.90. The number of carbonyl (C=O) groups is 1. The maximum absolute atomic E-state index is 11.1. The van der Waals surface area contributed by atoms with Crippen molar-refractivity contribution in [3.05, 3.63) is 121 Å². The molecule has 0 heterocycles. The first kappa shape index (κ1) is 20.7. The van der Waals surface area contributed by atoms with Crippen molar-refractivity contribution in [3.63, 3.8) is 0 Å². The maximum Gasteiger partial charge on any atom is 0.159 e. The Bertz CT molecular complexity index is 1520. The topological polar surface area (TPSA) is 17.1 Å². The van der Waals surface area contributed by atoms with Crippen LogP contribution in [0.5, 0.6) is 0 Å². The molecule has 6 aromatic rings. The Labute approximate surface area is 193 Å². The Morgan fingerprint density at radius 1 is 0.576 bits per heavy atom. The van der Waals surface area contributed by atoms with E-state index in [1.165, 1.54) is 48.8 Å². The fourth-order valence-corrected chi connectivity index (χ4v) is 4.53. The molecule has 1 heteroatoms. The van der Waals surface area contributed by atoms with Gasteiger partial charge in [-0.05, 0) is 91.5 Å². The van der Waals surface area contributed by atoms with Crippen LogP contribution in [0.1, 0.15) is 28.4 Å². The van der Waals surface area contributed by atoms with E-state index in [0.29, 0.717) is 0 Å². The number of ketones is 1. The number of rotatable bonds is 3. The first-order valence-electron chi connectivity index (χ1n) is 11.0. The number of fused-ring (bicyclic) bond motifs is 1. The molecule has 0 aliphatic carbocycles. The van der Waals surface area contributed by atoms with Crippen molar-refractivity contribution in [2.45, 2.75) is 6.92 Å². The summed E-state index contributed by atoms with van der Waals surface area (Å²) < 4.78 is 0. The molecule has 0 saturated carbocycles. The molecular weight excluding hydrogens is 400 g/mol. The van der Waals surface area contributed by atoms with Gasteiger partial charge in [0.15, 0.2) is 5.78 Å². The summed E-state index contributed by atoms with van der Waals surface area (Å²) in [6.45, 7) is 9.34. The minimum atomic E-state index is 0.116. The van der Waals surface area contributed by atoms with Crippen molar-refractivity contribution in [1.82, 2.24) is 0 Å². The summed E-state index contributed by atoms with van der Waals surface area (Å²) in [5.74, 6) is 0.116. The highest BCUT2D eigenvalue weighted by Gasteiger charge is 2.09. The molecule has 6 aromatic carbocycles. The maximum atomic E-state index is 11.1. The van der Waals surface area contributed by atoms with Crippen molar-refractivity contribution in [1.29, 1.82) is 0 Å². The van der Waals surface area contributed by atoms with Gasteiger partial charge in [0.1, 0.15) is 0 Å². The number of carbonyl (C=O) groups excluding carboxylic acids is 1. The molecule has 0 aliphatic heterocycles. The third-order valence-electron chi connectivity index (χ3n) is 6.21. The molecule has 0 spiro atoms. The normalized spacial score (nSPS) is 10.9. The minimum absolute atomic E-state index is 0.116. The van der Waals surface area contributed by atoms with E-state index in [2.05, 4.69) is 61.7 Å². The Kier molecular flexibility index (Phi) is 5.24. The van der Waals surface area contributed by atoms with E-state index in [1.807, 2.05) is 54.6 Å². The zero-order valence-corrected chi connectivity index (χ0v) is 18.6. The number of benzene rings is 6. The number of Topliss-reactive ketones (excluding diaryl/α,β-unsaturated/α-hetero) is 1. The molecular formula is C32H24O. The molecule has 0 fully saturated rings. The molecule has 0 atom stereocenters. The average Bonchev–Trinajstić information content (AvgIpc) is 2.86. The van der Waals surface area contributed by atoms with E-state index in [-0.39, 0.29) is 5.78 Å². The Morgan fingerprint density at radius 3 is 1.42 bits per heavy atom. The Morgan fingerprint density at radius 2 is 1.00 bits per heavy atom. The molecule has 0 aliphatic rings. The molecule has 0 aromatic heterocycles. The van der Waals surface area contributed by atoms with Gasteiger partial charge < -0.3 is 0 Å². The third kappa shape index (κ3) is 3.79. The molecule has 158 valence electrons. The highest BCUT2D eigenvalue weighted by atomic mass is 16.1. The predicted molar refractivity (Wildman–Crippen MR) is 144 cm³/mol. The Balaban J connectivity index is 0.000000152. The highest BCUT2D eigenvalue weighted by molar-refractivity contribution is 6.23. The smallest absolute Gasteiger partial charge is 0.159 e. The van der Waals surface area contributed by atoms with Crippen molar-refractivity contribution >= 4 is 61.0 Å². The summed E-state index contributed by atoms with van der Waals surface area (Å²) in [4.78, 5) is 11.1. The largest absolute Gasteiger partial charge is 0.295 e. The van der Waals surface area contributed by atoms with E-state index in [1.54, 1.807) is 6.92 Å². The van der Waals surface area contributed by atoms with Crippen LogP contribution in [0, 0.1) is 0 Å². The van der Waals surface area contributed by atoms with Crippen molar-refractivity contribution in [2.75, 3.05) is 0 Å². The lowest BCUT2D eigenvalue weighted by Gasteiger charge is -2.12. The lowest BCUT2D eigenvalue weighted by molar-refractivity contribution is 0.101. The summed E-state index contributed by atoms with van der Waals surface area (Å²) in [6, 6.07) is 31.4. The fraction of sp³-hybridized carbons (Fsp3) is 0.0312. The Hall–Kier alpha value is -4.23. The lowest BCUT2D eigenvalue weighted by atomic mass is 9.91. The molecule has 0 radical (unpaired) electrons. The van der Waals surface area contributed by atoms with Gasteiger partial charge >= 0.3 is 0 Å². The zero-order valence-electron chi connectivity index (χ0n) is 18.6. The van der Waals surface area contributed by atoms with Gasteiger partial charge in [-0.2, -0.15) is 0 Å². The van der Waals surface area contributed by atoms with Gasteiger partial charge in [0, 0.05) is 5.56 Å². The van der Waals surface area contributed by atoms with Crippen LogP contribution in [0.4, 0.5) is 0 Å². The average molecular weight is 425 g/mol. The summed E-state index contributed by atoms with van der Waals surface area (Å²) >= 11 is 0. The van der Waals surface area contributed by atoms with Crippen LogP contribution in [0.15, 0.2) is 104 Å². The summed E-state index contributed by atoms with van der Waals surface area (Å²) in [5, 5.41) is 10.1. The third-order valence-corrected chi connectivity index (χ3v) is 6.21. The van der Waals surface area contributed by atoms with Crippen LogP contribution < -0.4 is 0 Å². The van der Waals surface area contributed by atoms with Crippen LogP contribution in [-0.2, 0) is 0 Å². The molecule has 33 heavy (non-hydrogen) atoms. The zero-order chi connectivity index (χ0) is 22.9. The van der Waals surface area contributed by atoms with Crippen LogP contribution in [0.3, 0.4) is 0 Å². The molecule has 0 saturated heterocycles. The molecule has 0 amide bonds. The van der Waals surface area contributed by atoms with E-state index >= 15 is 0 Å². The molecule has 1 nitrogen and oxygen atoms in total. The SMILES string of the molecule is C=Cc1cc2ccc3cc(C=C)cc4ccc(c1)c2c34.CC(=O)c1ccc2ccccc2c1. The van der Waals surface area contributed by atoms with Gasteiger partial charge in [-0.3, -0.25) is 4.79 Å². The van der Waals surface area contributed by atoms with Gasteiger partial charge in [-0.1, -0.05) is 86.0 Å². The summed E-state index contributed by atoms with van der Waals surface area (Å²) in [7, 11) is 0. The minimum Gasteiger partial charge on any atom is -0.295 e. The van der Waals surface area contributed by atoms with E-state index in [4.69, 9.17) is 0 Å². The van der Waals surface area contributed by atoms with Gasteiger partial charge in [0.25, 0.3) is 0 Å². The summed E-state index contributed by atoms with van der Waals surface area (Å²) in [5.41, 5.74) is 3.11.